The van der Waals surface area contributed by atoms with Gasteiger partial charge in [-0.25, -0.2) is 13.4 Å². The Hall–Kier alpha value is -0.890. The molecule has 0 amide bonds. The fraction of sp³-hybridized carbons (Fsp3) is 0.417. The maximum atomic E-state index is 12.6. The van der Waals surface area contributed by atoms with Crippen LogP contribution in [-0.2, 0) is 16.6 Å². The summed E-state index contributed by atoms with van der Waals surface area (Å²) in [5, 5.41) is 0. The lowest BCUT2D eigenvalue weighted by atomic mass is 10.4. The molecular formula is C12H13ClN2O3S2. The second-order valence-electron chi connectivity index (χ2n) is 4.73. The van der Waals surface area contributed by atoms with Crippen LogP contribution >= 0.6 is 22.9 Å². The number of thiazole rings is 1. The van der Waals surface area contributed by atoms with E-state index in [9.17, 15) is 8.42 Å². The quantitative estimate of drug-likeness (QED) is 0.844. The second-order valence-corrected chi connectivity index (χ2v) is 8.46. The normalized spacial score (nSPS) is 15.9. The first-order chi connectivity index (χ1) is 9.46. The van der Waals surface area contributed by atoms with Gasteiger partial charge in [-0.05, 0) is 31.9 Å². The van der Waals surface area contributed by atoms with Crippen molar-refractivity contribution in [1.82, 2.24) is 9.29 Å². The Morgan fingerprint density at radius 1 is 1.50 bits per heavy atom. The number of furan rings is 1. The van der Waals surface area contributed by atoms with E-state index in [1.807, 2.05) is 13.0 Å². The van der Waals surface area contributed by atoms with Crippen LogP contribution in [-0.4, -0.2) is 23.7 Å². The first-order valence-electron chi connectivity index (χ1n) is 6.15. The van der Waals surface area contributed by atoms with Gasteiger partial charge in [0.05, 0.1) is 12.7 Å². The molecule has 0 unspecified atom stereocenters. The molecule has 0 bridgehead atoms. The van der Waals surface area contributed by atoms with Crippen molar-refractivity contribution in [3.05, 3.63) is 34.3 Å². The Bertz CT molecular complexity index is 719. The van der Waals surface area contributed by atoms with Gasteiger partial charge in [0, 0.05) is 6.04 Å². The smallest absolute Gasteiger partial charge is 0.254 e. The minimum Gasteiger partial charge on any atom is -0.465 e. The van der Waals surface area contributed by atoms with E-state index in [1.165, 1.54) is 10.5 Å². The Morgan fingerprint density at radius 2 is 2.25 bits per heavy atom. The summed E-state index contributed by atoms with van der Waals surface area (Å²) < 4.78 is 32.6. The van der Waals surface area contributed by atoms with E-state index < -0.39 is 10.0 Å². The van der Waals surface area contributed by atoms with Crippen LogP contribution in [0.1, 0.15) is 24.4 Å². The highest BCUT2D eigenvalue weighted by Crippen LogP contribution is 2.35. The Kier molecular flexibility index (Phi) is 3.62. The van der Waals surface area contributed by atoms with E-state index in [4.69, 9.17) is 16.0 Å². The van der Waals surface area contributed by atoms with Crippen molar-refractivity contribution in [1.29, 1.82) is 0 Å². The predicted molar refractivity (Wildman–Crippen MR) is 76.3 cm³/mol. The molecule has 0 spiro atoms. The van der Waals surface area contributed by atoms with E-state index in [0.29, 0.717) is 5.76 Å². The van der Waals surface area contributed by atoms with Gasteiger partial charge in [-0.1, -0.05) is 22.9 Å². The molecule has 5 nitrogen and oxygen atoms in total. The summed E-state index contributed by atoms with van der Waals surface area (Å²) in [4.78, 5) is 3.81. The van der Waals surface area contributed by atoms with E-state index >= 15 is 0 Å². The summed E-state index contributed by atoms with van der Waals surface area (Å²) >= 11 is 6.71. The van der Waals surface area contributed by atoms with Gasteiger partial charge in [0.1, 0.15) is 11.5 Å². The molecule has 20 heavy (non-hydrogen) atoms. The summed E-state index contributed by atoms with van der Waals surface area (Å²) in [5.74, 6) is 1.42. The largest absolute Gasteiger partial charge is 0.465 e. The third-order valence-corrected chi connectivity index (χ3v) is 6.53. The molecule has 108 valence electrons. The van der Waals surface area contributed by atoms with Crippen LogP contribution in [0.2, 0.25) is 4.47 Å². The third kappa shape index (κ3) is 2.76. The van der Waals surface area contributed by atoms with Crippen LogP contribution in [0.15, 0.2) is 27.0 Å². The topological polar surface area (TPSA) is 63.4 Å². The molecule has 0 aromatic carbocycles. The van der Waals surface area contributed by atoms with E-state index in [2.05, 4.69) is 4.98 Å². The number of nitrogens with zero attached hydrogens (tertiary/aromatic N) is 2. The number of rotatable bonds is 5. The Balaban J connectivity index is 1.90. The standard InChI is InChI=1S/C12H13ClN2O3S2/c1-8-2-5-10(18-8)7-15(9-3-4-9)20(16,17)11-6-14-12(13)19-11/h2,5-6,9H,3-4,7H2,1H3. The zero-order chi connectivity index (χ0) is 14.3. The maximum Gasteiger partial charge on any atom is 0.254 e. The molecule has 0 saturated heterocycles. The number of hydrogen-bond donors (Lipinski definition) is 0. The van der Waals surface area contributed by atoms with Gasteiger partial charge in [-0.2, -0.15) is 4.31 Å². The first-order valence-corrected chi connectivity index (χ1v) is 8.79. The molecule has 1 aliphatic rings. The summed E-state index contributed by atoms with van der Waals surface area (Å²) in [6.45, 7) is 2.08. The van der Waals surface area contributed by atoms with E-state index in [0.717, 1.165) is 29.9 Å². The van der Waals surface area contributed by atoms with Crippen LogP contribution in [0.4, 0.5) is 0 Å². The summed E-state index contributed by atoms with van der Waals surface area (Å²) in [5.41, 5.74) is 0. The lowest BCUT2D eigenvalue weighted by Gasteiger charge is -2.19. The predicted octanol–water partition coefficient (Wildman–Crippen LogP) is 3.05. The highest BCUT2D eigenvalue weighted by atomic mass is 35.5. The molecule has 0 radical (unpaired) electrons. The fourth-order valence-corrected chi connectivity index (χ4v) is 5.05. The molecule has 2 aromatic rings. The second kappa shape index (κ2) is 5.14. The van der Waals surface area contributed by atoms with Crippen molar-refractivity contribution in [2.24, 2.45) is 0 Å². The number of aromatic nitrogens is 1. The molecule has 1 saturated carbocycles. The maximum absolute atomic E-state index is 12.6. The molecule has 0 N–H and O–H groups in total. The minimum atomic E-state index is -3.56. The SMILES string of the molecule is Cc1ccc(CN(C2CC2)S(=O)(=O)c2cnc(Cl)s2)o1. The molecule has 0 atom stereocenters. The number of halogens is 1. The Labute approximate surface area is 126 Å². The highest BCUT2D eigenvalue weighted by molar-refractivity contribution is 7.91. The van der Waals surface area contributed by atoms with Gasteiger partial charge in [0.15, 0.2) is 8.68 Å². The van der Waals surface area contributed by atoms with Crippen LogP contribution in [0.3, 0.4) is 0 Å². The highest BCUT2D eigenvalue weighted by Gasteiger charge is 2.39. The lowest BCUT2D eigenvalue weighted by molar-refractivity contribution is 0.352. The van der Waals surface area contributed by atoms with Gasteiger partial charge in [-0.3, -0.25) is 0 Å². The molecule has 1 aliphatic carbocycles. The number of sulfonamides is 1. The van der Waals surface area contributed by atoms with E-state index in [1.54, 1.807) is 6.07 Å². The van der Waals surface area contributed by atoms with Gasteiger partial charge in [0.2, 0.25) is 0 Å². The molecule has 3 rings (SSSR count). The molecule has 1 fully saturated rings. The monoisotopic (exact) mass is 332 g/mol. The van der Waals surface area contributed by atoms with Crippen LogP contribution in [0, 0.1) is 6.92 Å². The van der Waals surface area contributed by atoms with Crippen LogP contribution in [0.25, 0.3) is 0 Å². The van der Waals surface area contributed by atoms with Crippen LogP contribution < -0.4 is 0 Å². The van der Waals surface area contributed by atoms with Gasteiger partial charge < -0.3 is 4.42 Å². The lowest BCUT2D eigenvalue weighted by Crippen LogP contribution is -2.32. The summed E-state index contributed by atoms with van der Waals surface area (Å²) in [6.07, 6.45) is 3.07. The van der Waals surface area contributed by atoms with Crippen molar-refractivity contribution in [2.45, 2.75) is 36.6 Å². The van der Waals surface area contributed by atoms with Crippen LogP contribution in [0.5, 0.6) is 0 Å². The molecule has 8 heteroatoms. The van der Waals surface area contributed by atoms with Crippen molar-refractivity contribution in [3.63, 3.8) is 0 Å². The van der Waals surface area contributed by atoms with E-state index in [-0.39, 0.29) is 21.3 Å². The van der Waals surface area contributed by atoms with Gasteiger partial charge in [-0.15, -0.1) is 0 Å². The molecule has 2 aromatic heterocycles. The number of hydrogen-bond acceptors (Lipinski definition) is 5. The number of aryl methyl sites for hydroxylation is 1. The van der Waals surface area contributed by atoms with Crippen molar-refractivity contribution >= 4 is 33.0 Å². The molecule has 0 aliphatic heterocycles. The minimum absolute atomic E-state index is 0.0475. The Morgan fingerprint density at radius 3 is 2.75 bits per heavy atom. The van der Waals surface area contributed by atoms with Crippen molar-refractivity contribution < 1.29 is 12.8 Å². The summed E-state index contributed by atoms with van der Waals surface area (Å²) in [7, 11) is -3.56. The zero-order valence-electron chi connectivity index (χ0n) is 10.7. The molecular weight excluding hydrogens is 320 g/mol. The van der Waals surface area contributed by atoms with Crippen molar-refractivity contribution in [3.8, 4) is 0 Å². The van der Waals surface area contributed by atoms with Crippen molar-refractivity contribution in [2.75, 3.05) is 0 Å². The molecule has 2 heterocycles. The first kappa shape index (κ1) is 14.1. The average Bonchev–Trinajstić information content (AvgIpc) is 2.99. The summed E-state index contributed by atoms with van der Waals surface area (Å²) in [6, 6.07) is 3.68. The van der Waals surface area contributed by atoms with Gasteiger partial charge in [0.25, 0.3) is 10.0 Å². The third-order valence-electron chi connectivity index (χ3n) is 3.08. The fourth-order valence-electron chi connectivity index (χ4n) is 1.97. The average molecular weight is 333 g/mol. The zero-order valence-corrected chi connectivity index (χ0v) is 13.1. The van der Waals surface area contributed by atoms with Gasteiger partial charge >= 0.3 is 0 Å².